The van der Waals surface area contributed by atoms with E-state index in [2.05, 4.69) is 11.8 Å². The van der Waals surface area contributed by atoms with Gasteiger partial charge in [-0.1, -0.05) is 0 Å². The molecule has 2 nitrogen and oxygen atoms in total. The van der Waals surface area contributed by atoms with Crippen LogP contribution in [0.4, 0.5) is 0 Å². The van der Waals surface area contributed by atoms with Crippen molar-refractivity contribution in [3.05, 3.63) is 0 Å². The molecule has 0 amide bonds. The molecule has 0 radical (unpaired) electrons. The van der Waals surface area contributed by atoms with E-state index in [9.17, 15) is 4.79 Å². The second-order valence-electron chi connectivity index (χ2n) is 3.04. The van der Waals surface area contributed by atoms with Gasteiger partial charge in [0.05, 0.1) is 12.0 Å². The molecule has 0 saturated carbocycles. The molecule has 0 bridgehead atoms. The summed E-state index contributed by atoms with van der Waals surface area (Å²) in [7, 11) is 0. The lowest BCUT2D eigenvalue weighted by molar-refractivity contribution is -0.153. The Hall–Kier alpha value is -1.41. The van der Waals surface area contributed by atoms with Crippen molar-refractivity contribution in [2.45, 2.75) is 26.7 Å². The van der Waals surface area contributed by atoms with Gasteiger partial charge >= 0.3 is 5.97 Å². The van der Waals surface area contributed by atoms with Crippen LogP contribution in [0.15, 0.2) is 0 Å². The molecule has 0 unspecified atom stereocenters. The first kappa shape index (κ1) is 11.6. The van der Waals surface area contributed by atoms with Crippen molar-refractivity contribution in [1.29, 1.82) is 0 Å². The van der Waals surface area contributed by atoms with Crippen molar-refractivity contribution in [2.24, 2.45) is 5.41 Å². The van der Waals surface area contributed by atoms with Crippen LogP contribution in [0.5, 0.6) is 0 Å². The lowest BCUT2D eigenvalue weighted by Gasteiger charge is -2.22. The number of ether oxygens (including phenoxy) is 1. The molecular weight excluding hydrogens is 164 g/mol. The predicted octanol–water partition coefficient (Wildman–Crippen LogP) is 1.60. The summed E-state index contributed by atoms with van der Waals surface area (Å²) in [5, 5.41) is 0. The third kappa shape index (κ3) is 3.22. The summed E-state index contributed by atoms with van der Waals surface area (Å²) in [4.78, 5) is 11.4. The van der Waals surface area contributed by atoms with E-state index in [1.807, 2.05) is 0 Å². The zero-order valence-electron chi connectivity index (χ0n) is 8.09. The molecule has 0 fully saturated rings. The average molecular weight is 178 g/mol. The van der Waals surface area contributed by atoms with E-state index >= 15 is 0 Å². The van der Waals surface area contributed by atoms with Crippen molar-refractivity contribution >= 4 is 5.97 Å². The first-order valence-electron chi connectivity index (χ1n) is 4.15. The van der Waals surface area contributed by atoms with E-state index in [-0.39, 0.29) is 5.97 Å². The van der Waals surface area contributed by atoms with Gasteiger partial charge < -0.3 is 4.74 Å². The first-order chi connectivity index (χ1) is 6.10. The summed E-state index contributed by atoms with van der Waals surface area (Å²) in [5.41, 5.74) is -0.723. The van der Waals surface area contributed by atoms with Crippen LogP contribution >= 0.6 is 0 Å². The molecule has 0 aromatic rings. The maximum Gasteiger partial charge on any atom is 0.313 e. The molecule has 13 heavy (non-hydrogen) atoms. The number of terminal acetylenes is 2. The minimum atomic E-state index is -0.723. The molecule has 0 aliphatic rings. The number of hydrogen-bond donors (Lipinski definition) is 0. The summed E-state index contributed by atoms with van der Waals surface area (Å²) in [6, 6.07) is 0. The van der Waals surface area contributed by atoms with Gasteiger partial charge in [-0.2, -0.15) is 0 Å². The van der Waals surface area contributed by atoms with E-state index in [1.54, 1.807) is 13.8 Å². The van der Waals surface area contributed by atoms with Gasteiger partial charge in [-0.3, -0.25) is 4.79 Å². The van der Waals surface area contributed by atoms with Crippen LogP contribution in [0.1, 0.15) is 26.7 Å². The minimum absolute atomic E-state index is 0.314. The fraction of sp³-hybridized carbons (Fsp3) is 0.545. The molecular formula is C11H14O2. The topological polar surface area (TPSA) is 26.3 Å². The maximum atomic E-state index is 11.4. The van der Waals surface area contributed by atoms with E-state index in [1.165, 1.54) is 0 Å². The van der Waals surface area contributed by atoms with Gasteiger partial charge in [-0.05, 0) is 13.8 Å². The Balaban J connectivity index is 4.50. The Kier molecular flexibility index (Phi) is 4.70. The van der Waals surface area contributed by atoms with E-state index in [0.717, 1.165) is 0 Å². The molecule has 2 heteroatoms. The van der Waals surface area contributed by atoms with E-state index in [4.69, 9.17) is 17.6 Å². The molecule has 0 aromatic heterocycles. The fourth-order valence-electron chi connectivity index (χ4n) is 0.963. The summed E-state index contributed by atoms with van der Waals surface area (Å²) < 4.78 is 4.88. The quantitative estimate of drug-likeness (QED) is 0.483. The van der Waals surface area contributed by atoms with Gasteiger partial charge in [0.15, 0.2) is 0 Å². The zero-order chi connectivity index (χ0) is 10.3. The number of esters is 1. The third-order valence-electron chi connectivity index (χ3n) is 1.75. The molecule has 0 rings (SSSR count). The van der Waals surface area contributed by atoms with Crippen molar-refractivity contribution in [3.63, 3.8) is 0 Å². The van der Waals surface area contributed by atoms with Gasteiger partial charge in [0.25, 0.3) is 0 Å². The van der Waals surface area contributed by atoms with Crippen LogP contribution in [0.2, 0.25) is 0 Å². The van der Waals surface area contributed by atoms with Gasteiger partial charge in [-0.25, -0.2) is 0 Å². The monoisotopic (exact) mass is 178 g/mol. The Morgan fingerprint density at radius 3 is 2.15 bits per heavy atom. The Bertz CT molecular complexity index is 236. The van der Waals surface area contributed by atoms with Crippen LogP contribution in [0, 0.1) is 30.1 Å². The second kappa shape index (κ2) is 5.27. The van der Waals surface area contributed by atoms with Crippen molar-refractivity contribution in [1.82, 2.24) is 0 Å². The van der Waals surface area contributed by atoms with Crippen molar-refractivity contribution in [3.8, 4) is 24.7 Å². The third-order valence-corrected chi connectivity index (χ3v) is 1.75. The highest BCUT2D eigenvalue weighted by molar-refractivity contribution is 5.77. The summed E-state index contributed by atoms with van der Waals surface area (Å²) in [5.74, 6) is 4.56. The first-order valence-corrected chi connectivity index (χ1v) is 4.15. The molecule has 0 spiro atoms. The van der Waals surface area contributed by atoms with Gasteiger partial charge in [0.1, 0.15) is 0 Å². The smallest absolute Gasteiger partial charge is 0.313 e. The van der Waals surface area contributed by atoms with Crippen LogP contribution in [-0.4, -0.2) is 12.6 Å². The number of rotatable bonds is 4. The molecule has 0 N–H and O–H groups in total. The molecule has 0 aromatic carbocycles. The molecule has 0 atom stereocenters. The number of carbonyl (C=O) groups excluding carboxylic acids is 1. The fourth-order valence-corrected chi connectivity index (χ4v) is 0.963. The summed E-state index contributed by atoms with van der Waals surface area (Å²) in [6.45, 7) is 3.83. The maximum absolute atomic E-state index is 11.4. The standard InChI is InChI=1S/C11H14O2/c1-5-8-11(4,9-6-2)10(12)13-7-3/h1-2H,7-9H2,3-4H3. The molecule has 70 valence electrons. The van der Waals surface area contributed by atoms with Crippen molar-refractivity contribution in [2.75, 3.05) is 6.61 Å². The highest BCUT2D eigenvalue weighted by Crippen LogP contribution is 2.26. The molecule has 0 aliphatic carbocycles. The van der Waals surface area contributed by atoms with Gasteiger partial charge in [-0.15, -0.1) is 24.7 Å². The lowest BCUT2D eigenvalue weighted by Crippen LogP contribution is -2.29. The van der Waals surface area contributed by atoms with Crippen LogP contribution in [0.25, 0.3) is 0 Å². The Labute approximate surface area is 79.7 Å². The Morgan fingerprint density at radius 2 is 1.85 bits per heavy atom. The normalized spacial score (nSPS) is 9.85. The SMILES string of the molecule is C#CCC(C)(CC#C)C(=O)OCC. The lowest BCUT2D eigenvalue weighted by atomic mass is 9.84. The second-order valence-corrected chi connectivity index (χ2v) is 3.04. The van der Waals surface area contributed by atoms with E-state index in [0.29, 0.717) is 19.4 Å². The number of carbonyl (C=O) groups is 1. The largest absolute Gasteiger partial charge is 0.466 e. The Morgan fingerprint density at radius 1 is 1.38 bits per heavy atom. The molecule has 0 saturated heterocycles. The highest BCUT2D eigenvalue weighted by atomic mass is 16.5. The zero-order valence-corrected chi connectivity index (χ0v) is 8.09. The van der Waals surface area contributed by atoms with E-state index < -0.39 is 5.41 Å². The average Bonchev–Trinajstić information content (AvgIpc) is 2.05. The molecule has 0 heterocycles. The highest BCUT2D eigenvalue weighted by Gasteiger charge is 2.32. The minimum Gasteiger partial charge on any atom is -0.466 e. The predicted molar refractivity (Wildman–Crippen MR) is 51.6 cm³/mol. The summed E-state index contributed by atoms with van der Waals surface area (Å²) >= 11 is 0. The molecule has 0 aliphatic heterocycles. The number of hydrogen-bond acceptors (Lipinski definition) is 2. The van der Waals surface area contributed by atoms with Crippen molar-refractivity contribution < 1.29 is 9.53 Å². The van der Waals surface area contributed by atoms with Gasteiger partial charge in [0.2, 0.25) is 0 Å². The summed E-state index contributed by atoms with van der Waals surface area (Å²) in [6.07, 6.45) is 10.9. The van der Waals surface area contributed by atoms with Gasteiger partial charge in [0, 0.05) is 12.8 Å². The van der Waals surface area contributed by atoms with Crippen LogP contribution in [0.3, 0.4) is 0 Å². The van der Waals surface area contributed by atoms with Crippen LogP contribution < -0.4 is 0 Å². The van der Waals surface area contributed by atoms with Crippen LogP contribution in [-0.2, 0) is 9.53 Å².